The number of aryl methyl sites for hydroxylation is 2. The standard InChI is InChI=1S/C12H20N4O2.2ClH/c1-9-5-10(2)16(14-9)8-11-7-15(3-4-18-11)12(17)6-13;;/h5,11H,3-4,6-8,13H2,1-2H3;2*1H. The van der Waals surface area contributed by atoms with Gasteiger partial charge in [-0.05, 0) is 19.9 Å². The van der Waals surface area contributed by atoms with E-state index < -0.39 is 0 Å². The molecular formula is C12H22Cl2N4O2. The lowest BCUT2D eigenvalue weighted by molar-refractivity contribution is -0.137. The van der Waals surface area contributed by atoms with Gasteiger partial charge in [-0.1, -0.05) is 0 Å². The maximum atomic E-state index is 11.6. The van der Waals surface area contributed by atoms with E-state index in [9.17, 15) is 4.79 Å². The first-order valence-corrected chi connectivity index (χ1v) is 6.20. The molecule has 1 fully saturated rings. The lowest BCUT2D eigenvalue weighted by atomic mass is 10.2. The summed E-state index contributed by atoms with van der Waals surface area (Å²) in [6.07, 6.45) is -0.00718. The van der Waals surface area contributed by atoms with Gasteiger partial charge in [-0.15, -0.1) is 24.8 Å². The first-order chi connectivity index (χ1) is 8.60. The van der Waals surface area contributed by atoms with Gasteiger partial charge in [0.2, 0.25) is 5.91 Å². The van der Waals surface area contributed by atoms with E-state index >= 15 is 0 Å². The van der Waals surface area contributed by atoms with Gasteiger partial charge in [-0.3, -0.25) is 9.48 Å². The molecule has 1 saturated heterocycles. The highest BCUT2D eigenvalue weighted by Gasteiger charge is 2.24. The van der Waals surface area contributed by atoms with E-state index in [1.54, 1.807) is 4.90 Å². The fourth-order valence-corrected chi connectivity index (χ4v) is 2.24. The van der Waals surface area contributed by atoms with Gasteiger partial charge in [0.25, 0.3) is 0 Å². The Bertz CT molecular complexity index is 439. The summed E-state index contributed by atoms with van der Waals surface area (Å²) in [5, 5.41) is 4.40. The Kier molecular flexibility index (Phi) is 8.12. The minimum atomic E-state index is -0.0170. The van der Waals surface area contributed by atoms with Crippen molar-refractivity contribution in [2.45, 2.75) is 26.5 Å². The van der Waals surface area contributed by atoms with Crippen LogP contribution in [0.15, 0.2) is 6.07 Å². The molecule has 8 heteroatoms. The maximum absolute atomic E-state index is 11.6. The number of ether oxygens (including phenoxy) is 1. The molecule has 116 valence electrons. The second-order valence-electron chi connectivity index (χ2n) is 4.65. The van der Waals surface area contributed by atoms with Crippen molar-refractivity contribution in [1.29, 1.82) is 0 Å². The van der Waals surface area contributed by atoms with Crippen LogP contribution < -0.4 is 5.73 Å². The molecule has 0 aromatic carbocycles. The number of rotatable bonds is 3. The number of carbonyl (C=O) groups excluding carboxylic acids is 1. The van der Waals surface area contributed by atoms with Gasteiger partial charge in [0.15, 0.2) is 0 Å². The van der Waals surface area contributed by atoms with E-state index in [-0.39, 0.29) is 43.4 Å². The van der Waals surface area contributed by atoms with Crippen LogP contribution in [0.5, 0.6) is 0 Å². The molecule has 0 radical (unpaired) electrons. The van der Waals surface area contributed by atoms with Gasteiger partial charge in [0, 0.05) is 18.8 Å². The number of halogens is 2. The molecule has 1 atom stereocenters. The van der Waals surface area contributed by atoms with Crippen molar-refractivity contribution >= 4 is 30.7 Å². The zero-order chi connectivity index (χ0) is 13.1. The molecule has 0 saturated carbocycles. The fourth-order valence-electron chi connectivity index (χ4n) is 2.24. The van der Waals surface area contributed by atoms with Gasteiger partial charge in [0.05, 0.1) is 31.5 Å². The molecule has 0 spiro atoms. The summed E-state index contributed by atoms with van der Waals surface area (Å²) in [5.41, 5.74) is 7.49. The number of amides is 1. The first kappa shape index (κ1) is 19.2. The first-order valence-electron chi connectivity index (χ1n) is 6.20. The Morgan fingerprint density at radius 3 is 2.75 bits per heavy atom. The summed E-state index contributed by atoms with van der Waals surface area (Å²) in [4.78, 5) is 13.3. The predicted octanol–water partition coefficient (Wildman–Crippen LogP) is 0.530. The van der Waals surface area contributed by atoms with E-state index in [0.29, 0.717) is 26.2 Å². The average Bonchev–Trinajstić information content (AvgIpc) is 2.67. The predicted molar refractivity (Wildman–Crippen MR) is 81.6 cm³/mol. The molecule has 1 unspecified atom stereocenters. The lowest BCUT2D eigenvalue weighted by Crippen LogP contribution is -2.49. The molecule has 2 heterocycles. The van der Waals surface area contributed by atoms with Crippen LogP contribution in [0.3, 0.4) is 0 Å². The minimum absolute atomic E-state index is 0. The van der Waals surface area contributed by atoms with Crippen LogP contribution in [0.25, 0.3) is 0 Å². The summed E-state index contributed by atoms with van der Waals surface area (Å²) >= 11 is 0. The summed E-state index contributed by atoms with van der Waals surface area (Å²) in [6, 6.07) is 2.03. The summed E-state index contributed by atoms with van der Waals surface area (Å²) in [6.45, 7) is 6.51. The molecule has 20 heavy (non-hydrogen) atoms. The second-order valence-corrected chi connectivity index (χ2v) is 4.65. The zero-order valence-corrected chi connectivity index (χ0v) is 13.4. The van der Waals surface area contributed by atoms with Gasteiger partial charge in [-0.25, -0.2) is 0 Å². The molecular weight excluding hydrogens is 303 g/mol. The van der Waals surface area contributed by atoms with Crippen LogP contribution >= 0.6 is 24.8 Å². The third-order valence-electron chi connectivity index (χ3n) is 3.15. The van der Waals surface area contributed by atoms with Crippen LogP contribution in [-0.2, 0) is 16.1 Å². The monoisotopic (exact) mass is 324 g/mol. The third kappa shape index (κ3) is 4.63. The van der Waals surface area contributed by atoms with Crippen LogP contribution in [0, 0.1) is 13.8 Å². The van der Waals surface area contributed by atoms with Crippen molar-refractivity contribution in [1.82, 2.24) is 14.7 Å². The van der Waals surface area contributed by atoms with Crippen LogP contribution in [0.1, 0.15) is 11.4 Å². The highest BCUT2D eigenvalue weighted by molar-refractivity contribution is 5.85. The molecule has 1 aliphatic heterocycles. The van der Waals surface area contributed by atoms with Crippen molar-refractivity contribution in [3.63, 3.8) is 0 Å². The molecule has 0 aliphatic carbocycles. The molecule has 2 N–H and O–H groups in total. The highest BCUT2D eigenvalue weighted by Crippen LogP contribution is 2.10. The normalized spacial score (nSPS) is 18.1. The van der Waals surface area contributed by atoms with Gasteiger partial charge in [0.1, 0.15) is 0 Å². The molecule has 1 aromatic heterocycles. The van der Waals surface area contributed by atoms with E-state index in [1.807, 2.05) is 24.6 Å². The van der Waals surface area contributed by atoms with Crippen molar-refractivity contribution in [3.05, 3.63) is 17.5 Å². The van der Waals surface area contributed by atoms with E-state index in [2.05, 4.69) is 5.10 Å². The molecule has 6 nitrogen and oxygen atoms in total. The Morgan fingerprint density at radius 1 is 1.50 bits per heavy atom. The van der Waals surface area contributed by atoms with Crippen LogP contribution in [0.4, 0.5) is 0 Å². The van der Waals surface area contributed by atoms with Crippen molar-refractivity contribution in [2.24, 2.45) is 5.73 Å². The SMILES string of the molecule is Cc1cc(C)n(CC2CN(C(=O)CN)CCO2)n1.Cl.Cl. The Morgan fingerprint density at radius 2 is 2.20 bits per heavy atom. The van der Waals surface area contributed by atoms with E-state index in [1.165, 1.54) is 0 Å². The fraction of sp³-hybridized carbons (Fsp3) is 0.667. The Hall–Kier alpha value is -0.820. The van der Waals surface area contributed by atoms with Gasteiger partial charge >= 0.3 is 0 Å². The quantitative estimate of drug-likeness (QED) is 0.880. The lowest BCUT2D eigenvalue weighted by Gasteiger charge is -2.32. The zero-order valence-electron chi connectivity index (χ0n) is 11.7. The number of nitrogens with zero attached hydrogens (tertiary/aromatic N) is 3. The molecule has 0 bridgehead atoms. The summed E-state index contributed by atoms with van der Waals surface area (Å²) in [5.74, 6) is -0.0170. The number of hydrogen-bond donors (Lipinski definition) is 1. The average molecular weight is 325 g/mol. The topological polar surface area (TPSA) is 73.4 Å². The van der Waals surface area contributed by atoms with Crippen molar-refractivity contribution in [2.75, 3.05) is 26.2 Å². The molecule has 2 rings (SSSR count). The number of aromatic nitrogens is 2. The number of carbonyl (C=O) groups is 1. The maximum Gasteiger partial charge on any atom is 0.236 e. The van der Waals surface area contributed by atoms with Gasteiger partial charge < -0.3 is 15.4 Å². The molecule has 1 aliphatic rings. The summed E-state index contributed by atoms with van der Waals surface area (Å²) in [7, 11) is 0. The number of hydrogen-bond acceptors (Lipinski definition) is 4. The van der Waals surface area contributed by atoms with Crippen molar-refractivity contribution in [3.8, 4) is 0 Å². The Balaban J connectivity index is 0.00000180. The summed E-state index contributed by atoms with van der Waals surface area (Å²) < 4.78 is 7.60. The van der Waals surface area contributed by atoms with Crippen LogP contribution in [-0.4, -0.2) is 52.9 Å². The second kappa shape index (κ2) is 8.46. The minimum Gasteiger partial charge on any atom is -0.373 e. The molecule has 1 amide bonds. The van der Waals surface area contributed by atoms with E-state index in [4.69, 9.17) is 10.5 Å². The highest BCUT2D eigenvalue weighted by atomic mass is 35.5. The smallest absolute Gasteiger partial charge is 0.236 e. The Labute approximate surface area is 131 Å². The van der Waals surface area contributed by atoms with E-state index in [0.717, 1.165) is 11.4 Å². The third-order valence-corrected chi connectivity index (χ3v) is 3.15. The van der Waals surface area contributed by atoms with Crippen molar-refractivity contribution < 1.29 is 9.53 Å². The number of morpholine rings is 1. The van der Waals surface area contributed by atoms with Crippen LogP contribution in [0.2, 0.25) is 0 Å². The number of nitrogens with two attached hydrogens (primary N) is 1. The molecule has 1 aromatic rings. The van der Waals surface area contributed by atoms with Gasteiger partial charge in [-0.2, -0.15) is 5.10 Å². The largest absolute Gasteiger partial charge is 0.373 e.